The molecule has 0 aliphatic heterocycles. The number of rotatable bonds is 12. The van der Waals surface area contributed by atoms with Crippen LogP contribution in [0.25, 0.3) is 0 Å². The molecule has 0 unspecified atom stereocenters. The summed E-state index contributed by atoms with van der Waals surface area (Å²) in [6, 6.07) is 8.57. The van der Waals surface area contributed by atoms with Crippen molar-refractivity contribution < 1.29 is 13.2 Å². The molecule has 0 bridgehead atoms. The maximum absolute atomic E-state index is 12.2. The van der Waals surface area contributed by atoms with E-state index >= 15 is 0 Å². The Hall–Kier alpha value is -0.870. The van der Waals surface area contributed by atoms with E-state index in [2.05, 4.69) is 15.6 Å². The molecule has 1 fully saturated rings. The average Bonchev–Trinajstić information content (AvgIpc) is 3.46. The van der Waals surface area contributed by atoms with Crippen molar-refractivity contribution in [3.63, 3.8) is 0 Å². The van der Waals surface area contributed by atoms with Crippen LogP contribution in [0.2, 0.25) is 0 Å². The number of benzene rings is 1. The van der Waals surface area contributed by atoms with E-state index in [4.69, 9.17) is 4.74 Å². The molecular weight excluding hydrogens is 477 g/mol. The van der Waals surface area contributed by atoms with Gasteiger partial charge in [-0.1, -0.05) is 18.2 Å². The minimum absolute atomic E-state index is 0. The number of halogens is 1. The van der Waals surface area contributed by atoms with Crippen LogP contribution in [0.5, 0.6) is 0 Å². The molecule has 27 heavy (non-hydrogen) atoms. The molecule has 0 spiro atoms. The minimum Gasteiger partial charge on any atom is -0.381 e. The van der Waals surface area contributed by atoms with Gasteiger partial charge in [0.2, 0.25) is 0 Å². The van der Waals surface area contributed by atoms with E-state index in [9.17, 15) is 8.42 Å². The van der Waals surface area contributed by atoms with Crippen molar-refractivity contribution in [2.45, 2.75) is 37.5 Å². The van der Waals surface area contributed by atoms with Gasteiger partial charge in [0.05, 0.1) is 10.6 Å². The second-order valence-electron chi connectivity index (χ2n) is 6.54. The normalized spacial score (nSPS) is 14.5. The smallest absolute Gasteiger partial charge is 0.191 e. The third-order valence-corrected chi connectivity index (χ3v) is 5.91. The van der Waals surface area contributed by atoms with E-state index in [-0.39, 0.29) is 29.7 Å². The van der Waals surface area contributed by atoms with Crippen molar-refractivity contribution in [2.24, 2.45) is 10.9 Å². The summed E-state index contributed by atoms with van der Waals surface area (Å²) in [5.74, 6) is 1.63. The number of aliphatic imine (C=N–C) groups is 1. The summed E-state index contributed by atoms with van der Waals surface area (Å²) in [5, 5.41) is 6.44. The van der Waals surface area contributed by atoms with Gasteiger partial charge in [-0.3, -0.25) is 4.99 Å². The molecule has 1 aromatic rings. The van der Waals surface area contributed by atoms with Gasteiger partial charge in [0.15, 0.2) is 15.8 Å². The van der Waals surface area contributed by atoms with Crippen LogP contribution in [-0.4, -0.2) is 53.0 Å². The first-order valence-electron chi connectivity index (χ1n) is 9.49. The van der Waals surface area contributed by atoms with E-state index in [1.807, 2.05) is 13.0 Å². The molecule has 154 valence electrons. The first-order valence-corrected chi connectivity index (χ1v) is 11.1. The number of hydrogen-bond acceptors (Lipinski definition) is 4. The fourth-order valence-corrected chi connectivity index (χ4v) is 3.77. The Kier molecular flexibility index (Phi) is 11.9. The van der Waals surface area contributed by atoms with Crippen LogP contribution in [-0.2, 0) is 14.6 Å². The third kappa shape index (κ3) is 10.3. The molecule has 2 rings (SSSR count). The predicted octanol–water partition coefficient (Wildman–Crippen LogP) is 2.84. The van der Waals surface area contributed by atoms with Crippen LogP contribution < -0.4 is 10.6 Å². The summed E-state index contributed by atoms with van der Waals surface area (Å²) in [6.45, 7) is 5.70. The van der Waals surface area contributed by atoms with Gasteiger partial charge in [-0.15, -0.1) is 24.0 Å². The molecule has 2 N–H and O–H groups in total. The Morgan fingerprint density at radius 3 is 2.59 bits per heavy atom. The molecule has 1 aromatic carbocycles. The summed E-state index contributed by atoms with van der Waals surface area (Å²) in [5.41, 5.74) is 0. The fourth-order valence-electron chi connectivity index (χ4n) is 2.45. The monoisotopic (exact) mass is 509 g/mol. The summed E-state index contributed by atoms with van der Waals surface area (Å²) in [6.07, 6.45) is 4.06. The Bertz CT molecular complexity index is 649. The molecule has 8 heteroatoms. The van der Waals surface area contributed by atoms with Crippen LogP contribution in [0.15, 0.2) is 40.2 Å². The number of hydrogen-bond donors (Lipinski definition) is 2. The van der Waals surface area contributed by atoms with Gasteiger partial charge in [-0.25, -0.2) is 8.42 Å². The average molecular weight is 509 g/mol. The first kappa shape index (κ1) is 24.2. The van der Waals surface area contributed by atoms with Crippen LogP contribution in [0.3, 0.4) is 0 Å². The van der Waals surface area contributed by atoms with Crippen molar-refractivity contribution in [1.29, 1.82) is 0 Å². The van der Waals surface area contributed by atoms with Crippen LogP contribution in [0.1, 0.15) is 32.6 Å². The Morgan fingerprint density at radius 1 is 1.19 bits per heavy atom. The first-order chi connectivity index (χ1) is 12.6. The van der Waals surface area contributed by atoms with Crippen molar-refractivity contribution in [3.05, 3.63) is 30.3 Å². The van der Waals surface area contributed by atoms with Crippen molar-refractivity contribution in [1.82, 2.24) is 10.6 Å². The van der Waals surface area contributed by atoms with E-state index < -0.39 is 9.84 Å². The lowest BCUT2D eigenvalue weighted by molar-refractivity contribution is 0.123. The summed E-state index contributed by atoms with van der Waals surface area (Å²) >= 11 is 0. The highest BCUT2D eigenvalue weighted by molar-refractivity contribution is 14.0. The highest BCUT2D eigenvalue weighted by Crippen LogP contribution is 2.28. The fraction of sp³-hybridized carbons (Fsp3) is 0.632. The second-order valence-corrected chi connectivity index (χ2v) is 8.65. The number of nitrogens with one attached hydrogen (secondary N) is 2. The van der Waals surface area contributed by atoms with Crippen molar-refractivity contribution >= 4 is 39.8 Å². The molecule has 1 saturated carbocycles. The SMILES string of the molecule is CCNC(=NCCCS(=O)(=O)c1ccccc1)NCCCOCC1CC1.I. The zero-order valence-corrected chi connectivity index (χ0v) is 19.2. The minimum atomic E-state index is -3.23. The molecule has 0 amide bonds. The van der Waals surface area contributed by atoms with Gasteiger partial charge in [0, 0.05) is 32.8 Å². The number of guanidine groups is 1. The number of sulfone groups is 1. The van der Waals surface area contributed by atoms with Crippen LogP contribution in [0, 0.1) is 5.92 Å². The molecule has 1 aliphatic rings. The zero-order valence-electron chi connectivity index (χ0n) is 16.0. The van der Waals surface area contributed by atoms with E-state index in [1.54, 1.807) is 24.3 Å². The topological polar surface area (TPSA) is 79.8 Å². The molecule has 0 radical (unpaired) electrons. The van der Waals surface area contributed by atoms with Crippen LogP contribution in [0.4, 0.5) is 0 Å². The van der Waals surface area contributed by atoms with Crippen molar-refractivity contribution in [2.75, 3.05) is 38.6 Å². The second kappa shape index (κ2) is 13.3. The lowest BCUT2D eigenvalue weighted by atomic mass is 10.4. The van der Waals surface area contributed by atoms with E-state index in [0.717, 1.165) is 44.6 Å². The number of nitrogens with zero attached hydrogens (tertiary/aromatic N) is 1. The van der Waals surface area contributed by atoms with Gasteiger partial charge >= 0.3 is 0 Å². The van der Waals surface area contributed by atoms with Gasteiger partial charge in [0.1, 0.15) is 0 Å². The molecule has 0 saturated heterocycles. The highest BCUT2D eigenvalue weighted by Gasteiger charge is 2.20. The van der Waals surface area contributed by atoms with Gasteiger partial charge in [-0.05, 0) is 50.7 Å². The van der Waals surface area contributed by atoms with Gasteiger partial charge in [0.25, 0.3) is 0 Å². The zero-order chi connectivity index (χ0) is 18.7. The molecule has 0 heterocycles. The third-order valence-electron chi connectivity index (χ3n) is 4.10. The molecule has 6 nitrogen and oxygen atoms in total. The maximum Gasteiger partial charge on any atom is 0.191 e. The standard InChI is InChI=1S/C19H31N3O3S.HI/c1-2-20-19(21-12-6-14-25-16-17-10-11-17)22-13-7-15-26(23,24)18-8-4-3-5-9-18;/h3-5,8-9,17H,2,6-7,10-16H2,1H3,(H2,20,21,22);1H. The molecule has 0 atom stereocenters. The van der Waals surface area contributed by atoms with Gasteiger partial charge in [-0.2, -0.15) is 0 Å². The number of ether oxygens (including phenoxy) is 1. The summed E-state index contributed by atoms with van der Waals surface area (Å²) in [4.78, 5) is 4.83. The van der Waals surface area contributed by atoms with Crippen LogP contribution >= 0.6 is 24.0 Å². The molecule has 0 aromatic heterocycles. The Labute approximate surface area is 180 Å². The predicted molar refractivity (Wildman–Crippen MR) is 121 cm³/mol. The van der Waals surface area contributed by atoms with E-state index in [1.165, 1.54) is 12.8 Å². The molecule has 1 aliphatic carbocycles. The summed E-state index contributed by atoms with van der Waals surface area (Å²) < 4.78 is 30.1. The largest absolute Gasteiger partial charge is 0.381 e. The lowest BCUT2D eigenvalue weighted by Gasteiger charge is -2.11. The van der Waals surface area contributed by atoms with E-state index in [0.29, 0.717) is 17.9 Å². The van der Waals surface area contributed by atoms with Crippen molar-refractivity contribution in [3.8, 4) is 0 Å². The Balaban J connectivity index is 0.00000364. The lowest BCUT2D eigenvalue weighted by Crippen LogP contribution is -2.38. The Morgan fingerprint density at radius 2 is 1.93 bits per heavy atom. The highest BCUT2D eigenvalue weighted by atomic mass is 127. The summed E-state index contributed by atoms with van der Waals surface area (Å²) in [7, 11) is -3.23. The quantitative estimate of drug-likeness (QED) is 0.196. The van der Waals surface area contributed by atoms with Gasteiger partial charge < -0.3 is 15.4 Å². The maximum atomic E-state index is 12.2. The molecular formula is C19H32IN3O3S.